The van der Waals surface area contributed by atoms with Gasteiger partial charge in [-0.2, -0.15) is 0 Å². The lowest BCUT2D eigenvalue weighted by Crippen LogP contribution is -2.48. The Bertz CT molecular complexity index is 1190. The molecular weight excluding hydrogens is 485 g/mol. The summed E-state index contributed by atoms with van der Waals surface area (Å²) in [5, 5.41) is 8.07. The van der Waals surface area contributed by atoms with Gasteiger partial charge in [0.1, 0.15) is 5.82 Å². The van der Waals surface area contributed by atoms with Crippen molar-refractivity contribution in [2.75, 3.05) is 38.0 Å². The minimum atomic E-state index is -0.665. The Kier molecular flexibility index (Phi) is 9.63. The van der Waals surface area contributed by atoms with Gasteiger partial charge in [0.25, 0.3) is 11.8 Å². The molecule has 2 aromatic carbocycles. The predicted molar refractivity (Wildman–Crippen MR) is 148 cm³/mol. The normalized spacial score (nSPS) is 14.0. The van der Waals surface area contributed by atoms with Gasteiger partial charge in [-0.3, -0.25) is 14.5 Å². The molecule has 0 aromatic heterocycles. The molecule has 204 valence electrons. The number of nitrogens with one attached hydrogen (secondary N) is 3. The summed E-state index contributed by atoms with van der Waals surface area (Å²) in [4.78, 5) is 41.4. The fraction of sp³-hybridized carbons (Fsp3) is 0.414. The third-order valence-electron chi connectivity index (χ3n) is 5.98. The van der Waals surface area contributed by atoms with Crippen molar-refractivity contribution < 1.29 is 18.8 Å². The summed E-state index contributed by atoms with van der Waals surface area (Å²) in [6.07, 6.45) is 1.85. The molecule has 0 spiro atoms. The number of benzene rings is 2. The third kappa shape index (κ3) is 8.69. The van der Waals surface area contributed by atoms with Gasteiger partial charge in [-0.1, -0.05) is 23.8 Å². The summed E-state index contributed by atoms with van der Waals surface area (Å²) in [5.41, 5.74) is 2.66. The number of piperazine rings is 1. The number of urea groups is 1. The van der Waals surface area contributed by atoms with Crippen molar-refractivity contribution in [3.8, 4) is 0 Å². The van der Waals surface area contributed by atoms with Gasteiger partial charge >= 0.3 is 6.03 Å². The van der Waals surface area contributed by atoms with E-state index in [9.17, 15) is 18.8 Å². The summed E-state index contributed by atoms with van der Waals surface area (Å²) < 4.78 is 14.6. The first kappa shape index (κ1) is 28.8. The molecule has 8 nitrogen and oxygen atoms in total. The number of anilines is 1. The van der Waals surface area contributed by atoms with Crippen molar-refractivity contribution in [1.82, 2.24) is 20.4 Å². The third-order valence-corrected chi connectivity index (χ3v) is 5.98. The summed E-state index contributed by atoms with van der Waals surface area (Å²) >= 11 is 0. The SMILES string of the molecule is CC(C)=CCNC(=O)Nc1ccc(C(=O)N2CCN(Cc3cccc(C(=O)NC(C)(C)C)c3)CC2)cc1F. The highest BCUT2D eigenvalue weighted by Crippen LogP contribution is 2.19. The van der Waals surface area contributed by atoms with E-state index >= 15 is 0 Å². The van der Waals surface area contributed by atoms with Crippen LogP contribution in [0.4, 0.5) is 14.9 Å². The number of nitrogens with zero attached hydrogens (tertiary/aromatic N) is 2. The first-order valence-corrected chi connectivity index (χ1v) is 12.8. The summed E-state index contributed by atoms with van der Waals surface area (Å²) in [6, 6.07) is 11.2. The van der Waals surface area contributed by atoms with E-state index in [0.717, 1.165) is 17.2 Å². The zero-order valence-electron chi connectivity index (χ0n) is 22.9. The Morgan fingerprint density at radius 3 is 2.32 bits per heavy atom. The van der Waals surface area contributed by atoms with Gasteiger partial charge in [-0.05, 0) is 70.5 Å². The second-order valence-corrected chi connectivity index (χ2v) is 10.8. The number of rotatable bonds is 7. The molecule has 1 fully saturated rings. The quantitative estimate of drug-likeness (QED) is 0.469. The second kappa shape index (κ2) is 12.7. The first-order chi connectivity index (χ1) is 17.9. The lowest BCUT2D eigenvalue weighted by Gasteiger charge is -2.35. The largest absolute Gasteiger partial charge is 0.347 e. The van der Waals surface area contributed by atoms with Gasteiger partial charge in [0, 0.05) is 55.9 Å². The topological polar surface area (TPSA) is 93.8 Å². The van der Waals surface area contributed by atoms with Gasteiger partial charge < -0.3 is 20.9 Å². The van der Waals surface area contributed by atoms with E-state index in [2.05, 4.69) is 20.9 Å². The summed E-state index contributed by atoms with van der Waals surface area (Å²) in [6.45, 7) is 13.0. The molecule has 9 heteroatoms. The Balaban J connectivity index is 1.52. The first-order valence-electron chi connectivity index (χ1n) is 12.8. The van der Waals surface area contributed by atoms with Crippen molar-refractivity contribution in [3.05, 3.63) is 76.6 Å². The number of allylic oxidation sites excluding steroid dienone is 1. The highest BCUT2D eigenvalue weighted by molar-refractivity contribution is 5.96. The maximum absolute atomic E-state index is 14.6. The van der Waals surface area contributed by atoms with Crippen molar-refractivity contribution in [2.45, 2.75) is 46.7 Å². The smallest absolute Gasteiger partial charge is 0.319 e. The Morgan fingerprint density at radius 2 is 1.68 bits per heavy atom. The van der Waals surface area contributed by atoms with Crippen LogP contribution in [0.2, 0.25) is 0 Å². The molecule has 4 amide bonds. The van der Waals surface area contributed by atoms with Gasteiger partial charge in [0.2, 0.25) is 0 Å². The highest BCUT2D eigenvalue weighted by atomic mass is 19.1. The van der Waals surface area contributed by atoms with E-state index in [-0.39, 0.29) is 28.6 Å². The average Bonchev–Trinajstić information content (AvgIpc) is 2.84. The Labute approximate surface area is 224 Å². The second-order valence-electron chi connectivity index (χ2n) is 10.8. The van der Waals surface area contributed by atoms with Crippen LogP contribution in [0.5, 0.6) is 0 Å². The molecule has 2 aromatic rings. The van der Waals surface area contributed by atoms with Crippen molar-refractivity contribution in [1.29, 1.82) is 0 Å². The Hall–Kier alpha value is -3.72. The lowest BCUT2D eigenvalue weighted by molar-refractivity contribution is 0.0627. The highest BCUT2D eigenvalue weighted by Gasteiger charge is 2.23. The van der Waals surface area contributed by atoms with E-state index in [0.29, 0.717) is 44.8 Å². The minimum absolute atomic E-state index is 0.0134. The van der Waals surface area contributed by atoms with Gasteiger partial charge in [0.15, 0.2) is 0 Å². The van der Waals surface area contributed by atoms with E-state index in [1.807, 2.05) is 58.9 Å². The number of carbonyl (C=O) groups is 3. The molecule has 0 saturated carbocycles. The molecule has 3 N–H and O–H groups in total. The maximum atomic E-state index is 14.6. The van der Waals surface area contributed by atoms with E-state index < -0.39 is 11.8 Å². The van der Waals surface area contributed by atoms with Crippen LogP contribution >= 0.6 is 0 Å². The van der Waals surface area contributed by atoms with Crippen LogP contribution < -0.4 is 16.0 Å². The van der Waals surface area contributed by atoms with Gasteiger partial charge in [-0.15, -0.1) is 0 Å². The fourth-order valence-electron chi connectivity index (χ4n) is 4.04. The van der Waals surface area contributed by atoms with Crippen LogP contribution in [-0.4, -0.2) is 65.9 Å². The molecule has 0 atom stereocenters. The maximum Gasteiger partial charge on any atom is 0.319 e. The number of carbonyl (C=O) groups excluding carboxylic acids is 3. The molecule has 0 radical (unpaired) electrons. The fourth-order valence-corrected chi connectivity index (χ4v) is 4.04. The van der Waals surface area contributed by atoms with Crippen LogP contribution in [0.25, 0.3) is 0 Å². The molecule has 0 unspecified atom stereocenters. The van der Waals surface area contributed by atoms with E-state index in [4.69, 9.17) is 0 Å². The Morgan fingerprint density at radius 1 is 0.974 bits per heavy atom. The van der Waals surface area contributed by atoms with Crippen molar-refractivity contribution >= 4 is 23.5 Å². The summed E-state index contributed by atoms with van der Waals surface area (Å²) in [7, 11) is 0. The zero-order valence-corrected chi connectivity index (χ0v) is 22.9. The van der Waals surface area contributed by atoms with E-state index in [1.54, 1.807) is 11.0 Å². The van der Waals surface area contributed by atoms with Gasteiger partial charge in [0.05, 0.1) is 5.69 Å². The summed E-state index contributed by atoms with van der Waals surface area (Å²) in [5.74, 6) is -1.02. The predicted octanol–water partition coefficient (Wildman–Crippen LogP) is 4.40. The molecule has 1 saturated heterocycles. The van der Waals surface area contributed by atoms with Crippen LogP contribution in [0, 0.1) is 5.82 Å². The van der Waals surface area contributed by atoms with E-state index in [1.165, 1.54) is 12.1 Å². The lowest BCUT2D eigenvalue weighted by atomic mass is 10.1. The van der Waals surface area contributed by atoms with Crippen LogP contribution in [0.1, 0.15) is 60.9 Å². The monoisotopic (exact) mass is 523 g/mol. The standard InChI is InChI=1S/C29H38FN5O3/c1-20(2)11-12-31-28(38)32-25-10-9-23(18-24(25)30)27(37)35-15-13-34(14-16-35)19-21-7-6-8-22(17-21)26(36)33-29(3,4)5/h6-11,17-18H,12-16,19H2,1-5H3,(H,33,36)(H2,31,32,38). The molecule has 1 aliphatic heterocycles. The number of hydrogen-bond donors (Lipinski definition) is 3. The number of amides is 4. The molecule has 0 aliphatic carbocycles. The van der Waals surface area contributed by atoms with Crippen LogP contribution in [-0.2, 0) is 6.54 Å². The molecule has 0 bridgehead atoms. The van der Waals surface area contributed by atoms with Crippen LogP contribution in [0.15, 0.2) is 54.1 Å². The molecular formula is C29H38FN5O3. The zero-order chi connectivity index (χ0) is 27.9. The minimum Gasteiger partial charge on any atom is -0.347 e. The molecule has 3 rings (SSSR count). The average molecular weight is 524 g/mol. The molecule has 38 heavy (non-hydrogen) atoms. The van der Waals surface area contributed by atoms with Gasteiger partial charge in [-0.25, -0.2) is 9.18 Å². The van der Waals surface area contributed by atoms with Crippen molar-refractivity contribution in [3.63, 3.8) is 0 Å². The van der Waals surface area contributed by atoms with Crippen LogP contribution in [0.3, 0.4) is 0 Å². The van der Waals surface area contributed by atoms with Crippen molar-refractivity contribution in [2.24, 2.45) is 0 Å². The molecule has 1 heterocycles. The molecule has 1 aliphatic rings. The number of hydrogen-bond acceptors (Lipinski definition) is 4. The number of halogens is 1.